The van der Waals surface area contributed by atoms with Gasteiger partial charge in [0, 0.05) is 25.4 Å². The first-order valence-corrected chi connectivity index (χ1v) is 5.64. The molecule has 0 atom stereocenters. The zero-order valence-corrected chi connectivity index (χ0v) is 9.51. The second-order valence-corrected chi connectivity index (χ2v) is 4.51. The number of hydrogen-bond donors (Lipinski definition) is 2. The van der Waals surface area contributed by atoms with E-state index in [-0.39, 0.29) is 17.7 Å². The van der Waals surface area contributed by atoms with Crippen molar-refractivity contribution in [3.05, 3.63) is 0 Å². The van der Waals surface area contributed by atoms with Crippen molar-refractivity contribution in [3.63, 3.8) is 0 Å². The second-order valence-electron chi connectivity index (χ2n) is 4.51. The monoisotopic (exact) mass is 212 g/mol. The van der Waals surface area contributed by atoms with Crippen LogP contribution in [0.1, 0.15) is 33.1 Å². The van der Waals surface area contributed by atoms with Gasteiger partial charge in [0.1, 0.15) is 0 Å². The number of carbonyl (C=O) groups is 2. The van der Waals surface area contributed by atoms with Crippen LogP contribution >= 0.6 is 0 Å². The molecule has 2 N–H and O–H groups in total. The third-order valence-corrected chi connectivity index (χ3v) is 2.29. The summed E-state index contributed by atoms with van der Waals surface area (Å²) in [5, 5.41) is 5.57. The first-order valence-electron chi connectivity index (χ1n) is 5.64. The van der Waals surface area contributed by atoms with Crippen molar-refractivity contribution in [2.45, 2.75) is 33.1 Å². The van der Waals surface area contributed by atoms with Gasteiger partial charge in [0.05, 0.1) is 0 Å². The summed E-state index contributed by atoms with van der Waals surface area (Å²) in [7, 11) is 0. The van der Waals surface area contributed by atoms with Crippen LogP contribution in [0.3, 0.4) is 0 Å². The lowest BCUT2D eigenvalue weighted by atomic mass is 10.1. The number of hydrogen-bond acceptors (Lipinski definition) is 2. The lowest BCUT2D eigenvalue weighted by molar-refractivity contribution is -0.123. The molecule has 1 aliphatic rings. The van der Waals surface area contributed by atoms with E-state index in [1.807, 2.05) is 13.8 Å². The minimum atomic E-state index is 0.0608. The van der Waals surface area contributed by atoms with Gasteiger partial charge >= 0.3 is 0 Å². The molecule has 1 aliphatic carbocycles. The topological polar surface area (TPSA) is 58.2 Å². The molecule has 1 rings (SSSR count). The summed E-state index contributed by atoms with van der Waals surface area (Å²) in [6.45, 7) is 5.09. The van der Waals surface area contributed by atoms with Crippen molar-refractivity contribution >= 4 is 11.8 Å². The normalized spacial score (nSPS) is 15.1. The molecule has 1 saturated carbocycles. The molecule has 1 fully saturated rings. The molecule has 86 valence electrons. The summed E-state index contributed by atoms with van der Waals surface area (Å²) in [6.07, 6.45) is 2.59. The Balaban J connectivity index is 1.96. The Morgan fingerprint density at radius 3 is 2.33 bits per heavy atom. The third-order valence-electron chi connectivity index (χ3n) is 2.29. The Hall–Kier alpha value is -1.06. The lowest BCUT2D eigenvalue weighted by Crippen LogP contribution is -2.35. The van der Waals surface area contributed by atoms with Gasteiger partial charge < -0.3 is 10.6 Å². The Kier molecular flexibility index (Phi) is 4.59. The molecule has 0 aliphatic heterocycles. The summed E-state index contributed by atoms with van der Waals surface area (Å²) in [5.74, 6) is 0.821. The maximum atomic E-state index is 11.2. The van der Waals surface area contributed by atoms with Crippen LogP contribution in [0, 0.1) is 11.8 Å². The summed E-state index contributed by atoms with van der Waals surface area (Å²) >= 11 is 0. The van der Waals surface area contributed by atoms with E-state index >= 15 is 0 Å². The highest BCUT2D eigenvalue weighted by Gasteiger charge is 2.28. The Morgan fingerprint density at radius 1 is 1.20 bits per heavy atom. The number of carbonyl (C=O) groups excluding carboxylic acids is 2. The van der Waals surface area contributed by atoms with Crippen molar-refractivity contribution < 1.29 is 9.59 Å². The smallest absolute Gasteiger partial charge is 0.223 e. The van der Waals surface area contributed by atoms with Gasteiger partial charge in [-0.15, -0.1) is 0 Å². The Bertz CT molecular complexity index is 235. The SMILES string of the molecule is CC(C)CC(=O)NCCNC(=O)C1CC1. The van der Waals surface area contributed by atoms with Crippen LogP contribution in [-0.2, 0) is 9.59 Å². The van der Waals surface area contributed by atoms with Gasteiger partial charge in [0.25, 0.3) is 0 Å². The molecule has 0 aromatic heterocycles. The zero-order chi connectivity index (χ0) is 11.3. The highest BCUT2D eigenvalue weighted by molar-refractivity contribution is 5.81. The Labute approximate surface area is 90.8 Å². The maximum Gasteiger partial charge on any atom is 0.223 e. The van der Waals surface area contributed by atoms with E-state index in [0.29, 0.717) is 25.4 Å². The highest BCUT2D eigenvalue weighted by Crippen LogP contribution is 2.28. The average molecular weight is 212 g/mol. The van der Waals surface area contributed by atoms with Gasteiger partial charge in [-0.3, -0.25) is 9.59 Å². The highest BCUT2D eigenvalue weighted by atomic mass is 16.2. The van der Waals surface area contributed by atoms with Crippen LogP contribution in [0.4, 0.5) is 0 Å². The molecule has 0 aromatic carbocycles. The second kappa shape index (κ2) is 5.73. The van der Waals surface area contributed by atoms with Gasteiger partial charge in [-0.25, -0.2) is 0 Å². The maximum absolute atomic E-state index is 11.2. The van der Waals surface area contributed by atoms with Crippen LogP contribution < -0.4 is 10.6 Å². The molecule has 4 nitrogen and oxygen atoms in total. The molecule has 15 heavy (non-hydrogen) atoms. The number of rotatable bonds is 6. The first-order chi connectivity index (χ1) is 7.09. The summed E-state index contributed by atoms with van der Waals surface area (Å²) in [5.41, 5.74) is 0. The summed E-state index contributed by atoms with van der Waals surface area (Å²) in [4.78, 5) is 22.4. The van der Waals surface area contributed by atoms with Gasteiger partial charge in [-0.05, 0) is 18.8 Å². The van der Waals surface area contributed by atoms with Crippen molar-refractivity contribution in [2.75, 3.05) is 13.1 Å². The average Bonchev–Trinajstić information content (AvgIpc) is 2.93. The molecular formula is C11H20N2O2. The number of nitrogens with one attached hydrogen (secondary N) is 2. The third kappa shape index (κ3) is 5.40. The molecule has 0 spiro atoms. The molecule has 0 unspecified atom stereocenters. The van der Waals surface area contributed by atoms with Gasteiger partial charge in [0.15, 0.2) is 0 Å². The fourth-order valence-corrected chi connectivity index (χ4v) is 1.32. The molecule has 0 heterocycles. The van der Waals surface area contributed by atoms with Gasteiger partial charge in [-0.1, -0.05) is 13.8 Å². The predicted molar refractivity (Wildman–Crippen MR) is 58.2 cm³/mol. The first kappa shape index (κ1) is 12.0. The van der Waals surface area contributed by atoms with Gasteiger partial charge in [0.2, 0.25) is 11.8 Å². The van der Waals surface area contributed by atoms with E-state index in [1.165, 1.54) is 0 Å². The standard InChI is InChI=1S/C11H20N2O2/c1-8(2)7-10(14)12-5-6-13-11(15)9-3-4-9/h8-9H,3-7H2,1-2H3,(H,12,14)(H,13,15). The van der Waals surface area contributed by atoms with Crippen LogP contribution in [0.15, 0.2) is 0 Å². The van der Waals surface area contributed by atoms with E-state index in [2.05, 4.69) is 10.6 Å². The molecule has 0 radical (unpaired) electrons. The molecule has 2 amide bonds. The summed E-state index contributed by atoms with van der Waals surface area (Å²) in [6, 6.07) is 0. The molecule has 4 heteroatoms. The van der Waals surface area contributed by atoms with Crippen molar-refractivity contribution in [2.24, 2.45) is 11.8 Å². The van der Waals surface area contributed by atoms with E-state index in [4.69, 9.17) is 0 Å². The fourth-order valence-electron chi connectivity index (χ4n) is 1.32. The quantitative estimate of drug-likeness (QED) is 0.636. The van der Waals surface area contributed by atoms with E-state index in [0.717, 1.165) is 12.8 Å². The molecule has 0 aromatic rings. The molecular weight excluding hydrogens is 192 g/mol. The summed E-state index contributed by atoms with van der Waals surface area (Å²) < 4.78 is 0. The minimum absolute atomic E-state index is 0.0608. The van der Waals surface area contributed by atoms with Crippen molar-refractivity contribution in [1.29, 1.82) is 0 Å². The van der Waals surface area contributed by atoms with E-state index < -0.39 is 0 Å². The Morgan fingerprint density at radius 2 is 1.80 bits per heavy atom. The minimum Gasteiger partial charge on any atom is -0.354 e. The van der Waals surface area contributed by atoms with E-state index in [9.17, 15) is 9.59 Å². The zero-order valence-electron chi connectivity index (χ0n) is 9.51. The van der Waals surface area contributed by atoms with E-state index in [1.54, 1.807) is 0 Å². The van der Waals surface area contributed by atoms with Crippen LogP contribution in [0.2, 0.25) is 0 Å². The van der Waals surface area contributed by atoms with Crippen LogP contribution in [-0.4, -0.2) is 24.9 Å². The van der Waals surface area contributed by atoms with Crippen LogP contribution in [0.5, 0.6) is 0 Å². The van der Waals surface area contributed by atoms with Crippen LogP contribution in [0.25, 0.3) is 0 Å². The molecule has 0 bridgehead atoms. The number of amides is 2. The largest absolute Gasteiger partial charge is 0.354 e. The predicted octanol–water partition coefficient (Wildman–Crippen LogP) is 0.675. The lowest BCUT2D eigenvalue weighted by Gasteiger charge is -2.07. The van der Waals surface area contributed by atoms with Gasteiger partial charge in [-0.2, -0.15) is 0 Å². The van der Waals surface area contributed by atoms with Crippen molar-refractivity contribution in [3.8, 4) is 0 Å². The van der Waals surface area contributed by atoms with Crippen molar-refractivity contribution in [1.82, 2.24) is 10.6 Å². The molecule has 0 saturated heterocycles. The fraction of sp³-hybridized carbons (Fsp3) is 0.818.